The topological polar surface area (TPSA) is 27.6 Å². The maximum absolute atomic E-state index is 12.0. The summed E-state index contributed by atoms with van der Waals surface area (Å²) in [7, 11) is 1.22. The number of hydrazine groups is 1. The normalized spacial score (nSPS) is 25.9. The minimum atomic E-state index is -3.06. The lowest BCUT2D eigenvalue weighted by Gasteiger charge is -2.14. The quantitative estimate of drug-likeness (QED) is 0.457. The van der Waals surface area contributed by atoms with Crippen molar-refractivity contribution in [2.75, 3.05) is 7.05 Å². The van der Waals surface area contributed by atoms with E-state index in [2.05, 4.69) is 10.4 Å². The van der Waals surface area contributed by atoms with Crippen molar-refractivity contribution in [1.29, 1.82) is 0 Å². The minimum absolute atomic E-state index is 0.618. The Labute approximate surface area is 45.0 Å². The molecule has 0 bridgehead atoms. The van der Waals surface area contributed by atoms with Crippen molar-refractivity contribution in [3.8, 4) is 0 Å². The molecule has 0 radical (unpaired) electrons. The van der Waals surface area contributed by atoms with E-state index in [-0.39, 0.29) is 0 Å². The van der Waals surface area contributed by atoms with Gasteiger partial charge in [-0.25, -0.2) is 0 Å². The molecule has 0 unspecified atom stereocenters. The Hall–Kier alpha value is -0.710. The molecule has 3 nitrogen and oxygen atoms in total. The van der Waals surface area contributed by atoms with E-state index in [0.717, 1.165) is 6.34 Å². The van der Waals surface area contributed by atoms with Crippen LogP contribution in [0.2, 0.25) is 0 Å². The second kappa shape index (κ2) is 1.38. The second-order valence-electron chi connectivity index (χ2n) is 1.46. The fraction of sp³-hybridized carbons (Fsp3) is 0.667. The molecule has 0 aliphatic carbocycles. The van der Waals surface area contributed by atoms with Crippen molar-refractivity contribution < 1.29 is 8.78 Å². The van der Waals surface area contributed by atoms with Gasteiger partial charge >= 0.3 is 6.17 Å². The van der Waals surface area contributed by atoms with E-state index in [1.165, 1.54) is 7.05 Å². The third kappa shape index (κ3) is 0.645. The summed E-state index contributed by atoms with van der Waals surface area (Å²) in [5.74, 6) is 0. The van der Waals surface area contributed by atoms with Crippen LogP contribution in [0.3, 0.4) is 0 Å². The third-order valence-corrected chi connectivity index (χ3v) is 0.875. The maximum atomic E-state index is 12.0. The van der Waals surface area contributed by atoms with Gasteiger partial charge in [-0.05, 0) is 0 Å². The summed E-state index contributed by atoms with van der Waals surface area (Å²) in [6, 6.07) is 0. The molecule has 5 heteroatoms. The molecular weight excluding hydrogens is 116 g/mol. The van der Waals surface area contributed by atoms with Crippen molar-refractivity contribution in [3.05, 3.63) is 0 Å². The molecule has 1 aliphatic rings. The molecule has 0 fully saturated rings. The highest BCUT2D eigenvalue weighted by atomic mass is 19.3. The Morgan fingerprint density at radius 2 is 2.38 bits per heavy atom. The third-order valence-electron chi connectivity index (χ3n) is 0.875. The van der Waals surface area contributed by atoms with E-state index >= 15 is 0 Å². The van der Waals surface area contributed by atoms with E-state index in [4.69, 9.17) is 0 Å². The molecule has 0 amide bonds. The summed E-state index contributed by atoms with van der Waals surface area (Å²) in [4.78, 5) is 2.81. The van der Waals surface area contributed by atoms with Crippen LogP contribution in [-0.2, 0) is 0 Å². The molecule has 46 valence electrons. The number of nitrogens with zero attached hydrogens (tertiary/aromatic N) is 2. The van der Waals surface area contributed by atoms with Crippen LogP contribution >= 0.6 is 0 Å². The predicted octanol–water partition coefficient (Wildman–Crippen LogP) is 0.0150. The summed E-state index contributed by atoms with van der Waals surface area (Å²) >= 11 is 0. The molecule has 0 aromatic rings. The lowest BCUT2D eigenvalue weighted by molar-refractivity contribution is -0.125. The van der Waals surface area contributed by atoms with Gasteiger partial charge in [0, 0.05) is 7.05 Å². The van der Waals surface area contributed by atoms with Gasteiger partial charge in [-0.1, -0.05) is 0 Å². The number of rotatable bonds is 0. The highest BCUT2D eigenvalue weighted by Gasteiger charge is 2.36. The number of hydrogen-bond donors (Lipinski definition) is 1. The lowest BCUT2D eigenvalue weighted by atomic mass is 10.9. The molecule has 1 aliphatic heterocycles. The Balaban J connectivity index is 2.67. The number of aliphatic imine (C=N–C) groups is 1. The SMILES string of the molecule is CN1NC=NC1(F)F. The highest BCUT2D eigenvalue weighted by Crippen LogP contribution is 2.18. The van der Waals surface area contributed by atoms with Gasteiger partial charge < -0.3 is 5.43 Å². The summed E-state index contributed by atoms with van der Waals surface area (Å²) in [5, 5.41) is 0.618. The van der Waals surface area contributed by atoms with Crippen LogP contribution in [0.4, 0.5) is 8.78 Å². The molecular formula is C3H5F2N3. The van der Waals surface area contributed by atoms with Gasteiger partial charge in [0.2, 0.25) is 0 Å². The zero-order chi connectivity index (χ0) is 6.20. The molecule has 0 saturated carbocycles. The molecule has 8 heavy (non-hydrogen) atoms. The van der Waals surface area contributed by atoms with Crippen LogP contribution in [0.25, 0.3) is 0 Å². The van der Waals surface area contributed by atoms with E-state index in [1.54, 1.807) is 0 Å². The first-order chi connectivity index (χ1) is 3.63. The number of alkyl halides is 2. The van der Waals surface area contributed by atoms with Crippen LogP contribution in [-0.4, -0.2) is 24.6 Å². The van der Waals surface area contributed by atoms with Gasteiger partial charge in [-0.15, -0.1) is 5.01 Å². The van der Waals surface area contributed by atoms with E-state index in [1.807, 2.05) is 0 Å². The van der Waals surface area contributed by atoms with Crippen molar-refractivity contribution in [2.45, 2.75) is 6.17 Å². The molecule has 0 saturated heterocycles. The summed E-state index contributed by atoms with van der Waals surface area (Å²) < 4.78 is 24.0. The summed E-state index contributed by atoms with van der Waals surface area (Å²) in [5.41, 5.74) is 2.20. The lowest BCUT2D eigenvalue weighted by Crippen LogP contribution is -2.39. The van der Waals surface area contributed by atoms with Crippen molar-refractivity contribution in [3.63, 3.8) is 0 Å². The van der Waals surface area contributed by atoms with Gasteiger partial charge in [-0.2, -0.15) is 13.8 Å². The smallest absolute Gasteiger partial charge is 0.303 e. The van der Waals surface area contributed by atoms with Crippen LogP contribution < -0.4 is 5.43 Å². The molecule has 1 heterocycles. The fourth-order valence-electron chi connectivity index (χ4n) is 0.357. The average molecular weight is 121 g/mol. The van der Waals surface area contributed by atoms with E-state index in [0.29, 0.717) is 5.01 Å². The van der Waals surface area contributed by atoms with Crippen LogP contribution in [0.1, 0.15) is 0 Å². The van der Waals surface area contributed by atoms with Gasteiger partial charge in [0.1, 0.15) is 6.34 Å². The van der Waals surface area contributed by atoms with Crippen LogP contribution in [0.15, 0.2) is 4.99 Å². The molecule has 0 atom stereocenters. The van der Waals surface area contributed by atoms with Crippen LogP contribution in [0.5, 0.6) is 0 Å². The van der Waals surface area contributed by atoms with Crippen molar-refractivity contribution in [2.24, 2.45) is 4.99 Å². The van der Waals surface area contributed by atoms with Crippen molar-refractivity contribution >= 4 is 6.34 Å². The summed E-state index contributed by atoms with van der Waals surface area (Å²) in [6.45, 7) is 0. The Morgan fingerprint density at radius 1 is 1.75 bits per heavy atom. The molecule has 1 rings (SSSR count). The highest BCUT2D eigenvalue weighted by molar-refractivity contribution is 5.55. The Morgan fingerprint density at radius 3 is 2.50 bits per heavy atom. The number of nitrogens with one attached hydrogen (secondary N) is 1. The first-order valence-corrected chi connectivity index (χ1v) is 2.04. The fourth-order valence-corrected chi connectivity index (χ4v) is 0.357. The summed E-state index contributed by atoms with van der Waals surface area (Å²) in [6.07, 6.45) is -2.10. The molecule has 0 aromatic carbocycles. The molecule has 0 spiro atoms. The van der Waals surface area contributed by atoms with E-state index < -0.39 is 6.17 Å². The van der Waals surface area contributed by atoms with Crippen LogP contribution in [0, 0.1) is 0 Å². The first-order valence-electron chi connectivity index (χ1n) is 2.04. The molecule has 0 aromatic heterocycles. The number of halogens is 2. The monoisotopic (exact) mass is 121 g/mol. The first kappa shape index (κ1) is 5.43. The Kier molecular flexibility index (Phi) is 0.937. The predicted molar refractivity (Wildman–Crippen MR) is 24.3 cm³/mol. The largest absolute Gasteiger partial charge is 0.426 e. The van der Waals surface area contributed by atoms with Gasteiger partial charge in [0.15, 0.2) is 0 Å². The second-order valence-corrected chi connectivity index (χ2v) is 1.46. The standard InChI is InChI=1S/C3H5F2N3/c1-8-3(4,5)6-2-7-8/h2H,1H3,(H,6,7). The van der Waals surface area contributed by atoms with E-state index in [9.17, 15) is 8.78 Å². The van der Waals surface area contributed by atoms with Crippen molar-refractivity contribution in [1.82, 2.24) is 10.4 Å². The van der Waals surface area contributed by atoms with Gasteiger partial charge in [0.05, 0.1) is 0 Å². The number of hydrogen-bond acceptors (Lipinski definition) is 3. The van der Waals surface area contributed by atoms with Gasteiger partial charge in [-0.3, -0.25) is 0 Å². The average Bonchev–Trinajstić information content (AvgIpc) is 1.86. The maximum Gasteiger partial charge on any atom is 0.426 e. The molecule has 1 N–H and O–H groups in total. The zero-order valence-electron chi connectivity index (χ0n) is 4.23. The Bertz CT molecular complexity index is 122. The minimum Gasteiger partial charge on any atom is -0.303 e. The zero-order valence-corrected chi connectivity index (χ0v) is 4.23. The van der Waals surface area contributed by atoms with Gasteiger partial charge in [0.25, 0.3) is 0 Å².